The van der Waals surface area contributed by atoms with Crippen LogP contribution in [0.5, 0.6) is 17.4 Å². The number of amides is 1. The maximum absolute atomic E-state index is 12.6. The Morgan fingerprint density at radius 3 is 2.58 bits per heavy atom. The number of hydrogen-bond donors (Lipinski definition) is 1. The highest BCUT2D eigenvalue weighted by molar-refractivity contribution is 6.04. The van der Waals surface area contributed by atoms with Crippen molar-refractivity contribution < 1.29 is 14.3 Å². The Morgan fingerprint density at radius 1 is 0.970 bits per heavy atom. The molecule has 0 aliphatic rings. The molecule has 0 spiro atoms. The van der Waals surface area contributed by atoms with Crippen molar-refractivity contribution in [1.82, 2.24) is 19.6 Å². The van der Waals surface area contributed by atoms with E-state index in [2.05, 4.69) is 20.5 Å². The fourth-order valence-corrected chi connectivity index (χ4v) is 3.61. The minimum absolute atomic E-state index is 0.230. The summed E-state index contributed by atoms with van der Waals surface area (Å²) in [5.41, 5.74) is 3.36. The zero-order valence-corrected chi connectivity index (χ0v) is 18.1. The number of aromatic nitrogens is 4. The van der Waals surface area contributed by atoms with Gasteiger partial charge in [0.25, 0.3) is 11.8 Å². The monoisotopic (exact) mass is 439 g/mol. The lowest BCUT2D eigenvalue weighted by molar-refractivity contribution is 0.102. The van der Waals surface area contributed by atoms with Crippen LogP contribution in [0.1, 0.15) is 23.1 Å². The smallest absolute Gasteiger partial charge is 0.266 e. The molecule has 3 aromatic carbocycles. The van der Waals surface area contributed by atoms with Gasteiger partial charge in [-0.2, -0.15) is 0 Å². The summed E-state index contributed by atoms with van der Waals surface area (Å²) in [6.07, 6.45) is 0.724. The Hall–Kier alpha value is -4.46. The van der Waals surface area contributed by atoms with E-state index in [-0.39, 0.29) is 5.91 Å². The first-order chi connectivity index (χ1) is 16.2. The topological polar surface area (TPSA) is 90.6 Å². The fraction of sp³-hybridized carbons (Fsp3) is 0.120. The molecule has 0 saturated heterocycles. The molecule has 8 nitrogen and oxygen atoms in total. The molecule has 0 atom stereocenters. The van der Waals surface area contributed by atoms with Crippen molar-refractivity contribution in [3.8, 4) is 17.4 Å². The number of benzene rings is 3. The van der Waals surface area contributed by atoms with Crippen molar-refractivity contribution in [1.29, 1.82) is 0 Å². The Bertz CT molecular complexity index is 1460. The third kappa shape index (κ3) is 3.94. The molecule has 0 aliphatic heterocycles. The second-order valence-corrected chi connectivity index (χ2v) is 7.35. The van der Waals surface area contributed by atoms with E-state index in [9.17, 15) is 4.79 Å². The zero-order valence-electron chi connectivity index (χ0n) is 18.1. The Morgan fingerprint density at radius 2 is 1.79 bits per heavy atom. The van der Waals surface area contributed by atoms with E-state index >= 15 is 0 Å². The molecular weight excluding hydrogens is 418 g/mol. The number of rotatable bonds is 6. The standard InChI is InChI=1S/C25H21N5O3/c1-3-22-28-29-23-25(27-20-9-4-5-10-21(20)30(22)23)33-19-8-6-7-17(15-19)26-24(31)16-11-13-18(32-2)14-12-16/h4-15H,3H2,1-2H3,(H,26,31). The lowest BCUT2D eigenvalue weighted by Crippen LogP contribution is -2.11. The average Bonchev–Trinajstić information content (AvgIpc) is 3.29. The quantitative estimate of drug-likeness (QED) is 0.405. The first-order valence-electron chi connectivity index (χ1n) is 10.5. The summed E-state index contributed by atoms with van der Waals surface area (Å²) in [5, 5.41) is 11.5. The lowest BCUT2D eigenvalue weighted by atomic mass is 10.2. The summed E-state index contributed by atoms with van der Waals surface area (Å²) in [7, 11) is 1.58. The molecule has 1 N–H and O–H groups in total. The predicted octanol–water partition coefficient (Wildman–Crippen LogP) is 4.89. The molecule has 5 aromatic rings. The molecule has 0 bridgehead atoms. The normalized spacial score (nSPS) is 11.0. The third-order valence-electron chi connectivity index (χ3n) is 5.24. The Labute approximate surface area is 189 Å². The van der Waals surface area contributed by atoms with Gasteiger partial charge in [-0.3, -0.25) is 9.20 Å². The first-order valence-corrected chi connectivity index (χ1v) is 10.5. The maximum atomic E-state index is 12.6. The van der Waals surface area contributed by atoms with Crippen molar-refractivity contribution in [2.45, 2.75) is 13.3 Å². The first kappa shape index (κ1) is 20.4. The molecule has 0 aliphatic carbocycles. The highest BCUT2D eigenvalue weighted by Gasteiger charge is 2.16. The zero-order chi connectivity index (χ0) is 22.8. The van der Waals surface area contributed by atoms with Crippen LogP contribution in [0.15, 0.2) is 72.8 Å². The second-order valence-electron chi connectivity index (χ2n) is 7.35. The molecule has 2 heterocycles. The Kier molecular flexibility index (Phi) is 5.32. The van der Waals surface area contributed by atoms with Crippen molar-refractivity contribution in [2.75, 3.05) is 12.4 Å². The van der Waals surface area contributed by atoms with Gasteiger partial charge in [-0.25, -0.2) is 4.98 Å². The number of fused-ring (bicyclic) bond motifs is 3. The number of nitrogens with zero attached hydrogens (tertiary/aromatic N) is 4. The molecule has 33 heavy (non-hydrogen) atoms. The highest BCUT2D eigenvalue weighted by Crippen LogP contribution is 2.29. The lowest BCUT2D eigenvalue weighted by Gasteiger charge is -2.11. The molecule has 0 fully saturated rings. The molecule has 8 heteroatoms. The van der Waals surface area contributed by atoms with Crippen LogP contribution in [-0.2, 0) is 6.42 Å². The summed E-state index contributed by atoms with van der Waals surface area (Å²) in [6.45, 7) is 2.03. The van der Waals surface area contributed by atoms with Gasteiger partial charge in [0.15, 0.2) is 0 Å². The molecule has 0 unspecified atom stereocenters. The van der Waals surface area contributed by atoms with Crippen LogP contribution in [-0.4, -0.2) is 32.6 Å². The van der Waals surface area contributed by atoms with E-state index in [1.165, 1.54) is 0 Å². The number of aryl methyl sites for hydroxylation is 1. The van der Waals surface area contributed by atoms with E-state index in [4.69, 9.17) is 9.47 Å². The number of carbonyl (C=O) groups excluding carboxylic acids is 1. The number of anilines is 1. The van der Waals surface area contributed by atoms with E-state index in [0.29, 0.717) is 34.3 Å². The van der Waals surface area contributed by atoms with Crippen molar-refractivity contribution >= 4 is 28.3 Å². The van der Waals surface area contributed by atoms with E-state index in [1.54, 1.807) is 55.6 Å². The second kappa shape index (κ2) is 8.58. The van der Waals surface area contributed by atoms with E-state index < -0.39 is 0 Å². The van der Waals surface area contributed by atoms with E-state index in [1.807, 2.05) is 35.6 Å². The SMILES string of the molecule is CCc1nnc2c(Oc3cccc(NC(=O)c4ccc(OC)cc4)c3)nc3ccccc3n12. The van der Waals surface area contributed by atoms with Crippen molar-refractivity contribution in [3.63, 3.8) is 0 Å². The maximum Gasteiger partial charge on any atom is 0.266 e. The highest BCUT2D eigenvalue weighted by atomic mass is 16.5. The van der Waals surface area contributed by atoms with Crippen LogP contribution in [0, 0.1) is 0 Å². The third-order valence-corrected chi connectivity index (χ3v) is 5.24. The molecular formula is C25H21N5O3. The van der Waals surface area contributed by atoms with Crippen LogP contribution in [0.3, 0.4) is 0 Å². The predicted molar refractivity (Wildman–Crippen MR) is 125 cm³/mol. The van der Waals surface area contributed by atoms with Crippen LogP contribution in [0.25, 0.3) is 16.7 Å². The van der Waals surface area contributed by atoms with Gasteiger partial charge in [0.2, 0.25) is 5.65 Å². The minimum atomic E-state index is -0.230. The summed E-state index contributed by atoms with van der Waals surface area (Å²) in [4.78, 5) is 17.3. The number of carbonyl (C=O) groups is 1. The summed E-state index contributed by atoms with van der Waals surface area (Å²) in [5.74, 6) is 2.16. The Balaban J connectivity index is 1.45. The van der Waals surface area contributed by atoms with Gasteiger partial charge in [-0.1, -0.05) is 25.1 Å². The summed E-state index contributed by atoms with van der Waals surface area (Å²) >= 11 is 0. The molecule has 0 saturated carbocycles. The molecule has 2 aromatic heterocycles. The van der Waals surface area contributed by atoms with Crippen LogP contribution in [0.4, 0.5) is 5.69 Å². The fourth-order valence-electron chi connectivity index (χ4n) is 3.61. The average molecular weight is 439 g/mol. The van der Waals surface area contributed by atoms with E-state index in [0.717, 1.165) is 23.3 Å². The van der Waals surface area contributed by atoms with Crippen LogP contribution >= 0.6 is 0 Å². The van der Waals surface area contributed by atoms with Crippen LogP contribution in [0.2, 0.25) is 0 Å². The van der Waals surface area contributed by atoms with Gasteiger partial charge in [0, 0.05) is 23.7 Å². The molecule has 0 radical (unpaired) electrons. The number of nitrogens with one attached hydrogen (secondary N) is 1. The minimum Gasteiger partial charge on any atom is -0.497 e. The van der Waals surface area contributed by atoms with Gasteiger partial charge in [0.1, 0.15) is 17.3 Å². The molecule has 1 amide bonds. The van der Waals surface area contributed by atoms with Gasteiger partial charge < -0.3 is 14.8 Å². The van der Waals surface area contributed by atoms with Gasteiger partial charge >= 0.3 is 0 Å². The van der Waals surface area contributed by atoms with Crippen LogP contribution < -0.4 is 14.8 Å². The van der Waals surface area contributed by atoms with Gasteiger partial charge in [-0.05, 0) is 48.5 Å². The number of para-hydroxylation sites is 2. The summed E-state index contributed by atoms with van der Waals surface area (Å²) < 4.78 is 13.2. The van der Waals surface area contributed by atoms with Crippen molar-refractivity contribution in [2.24, 2.45) is 0 Å². The number of hydrogen-bond acceptors (Lipinski definition) is 6. The molecule has 164 valence electrons. The van der Waals surface area contributed by atoms with Crippen molar-refractivity contribution in [3.05, 3.63) is 84.2 Å². The summed E-state index contributed by atoms with van der Waals surface area (Å²) in [6, 6.07) is 21.8. The number of methoxy groups -OCH3 is 1. The largest absolute Gasteiger partial charge is 0.497 e. The van der Waals surface area contributed by atoms with Gasteiger partial charge in [0.05, 0.1) is 18.1 Å². The van der Waals surface area contributed by atoms with Gasteiger partial charge in [-0.15, -0.1) is 10.2 Å². The number of ether oxygens (including phenoxy) is 2. The molecule has 5 rings (SSSR count).